The van der Waals surface area contributed by atoms with Crippen molar-refractivity contribution >= 4 is 34.3 Å². The number of ether oxygens (including phenoxy) is 1. The van der Waals surface area contributed by atoms with Crippen molar-refractivity contribution < 1.29 is 14.3 Å². The van der Waals surface area contributed by atoms with E-state index in [1.807, 2.05) is 48.7 Å². The summed E-state index contributed by atoms with van der Waals surface area (Å²) < 4.78 is 4.97. The number of carbonyl (C=O) groups excluding carboxylic acids is 2. The first-order valence-electron chi connectivity index (χ1n) is 10.1. The average molecular weight is 434 g/mol. The van der Waals surface area contributed by atoms with Crippen LogP contribution < -0.4 is 5.32 Å². The van der Waals surface area contributed by atoms with E-state index in [0.29, 0.717) is 10.6 Å². The highest BCUT2D eigenvalue weighted by atomic mass is 32.1. The molecule has 0 radical (unpaired) electrons. The SMILES string of the molecule is COC(=O)c1c(-c2ccc(C)cc2)csc1NC(=O)C=Cc1ccc(C(C)(C)C)cc1. The highest BCUT2D eigenvalue weighted by Crippen LogP contribution is 2.36. The normalized spacial score (nSPS) is 11.5. The minimum Gasteiger partial charge on any atom is -0.465 e. The molecule has 3 aromatic rings. The number of methoxy groups -OCH3 is 1. The number of esters is 1. The molecule has 3 rings (SSSR count). The number of rotatable bonds is 5. The monoisotopic (exact) mass is 433 g/mol. The van der Waals surface area contributed by atoms with Gasteiger partial charge in [0.15, 0.2) is 0 Å². The van der Waals surface area contributed by atoms with Gasteiger partial charge in [0, 0.05) is 17.0 Å². The Morgan fingerprint density at radius 2 is 1.65 bits per heavy atom. The van der Waals surface area contributed by atoms with E-state index >= 15 is 0 Å². The molecule has 0 aliphatic heterocycles. The molecule has 0 bridgehead atoms. The van der Waals surface area contributed by atoms with Gasteiger partial charge in [-0.2, -0.15) is 0 Å². The van der Waals surface area contributed by atoms with Gasteiger partial charge >= 0.3 is 5.97 Å². The fourth-order valence-electron chi connectivity index (χ4n) is 3.12. The number of anilines is 1. The highest BCUT2D eigenvalue weighted by molar-refractivity contribution is 7.15. The van der Waals surface area contributed by atoms with Crippen molar-refractivity contribution in [3.05, 3.63) is 82.2 Å². The summed E-state index contributed by atoms with van der Waals surface area (Å²) >= 11 is 1.31. The van der Waals surface area contributed by atoms with Gasteiger partial charge < -0.3 is 10.1 Å². The zero-order chi connectivity index (χ0) is 22.6. The van der Waals surface area contributed by atoms with Crippen molar-refractivity contribution in [2.45, 2.75) is 33.1 Å². The fraction of sp³-hybridized carbons (Fsp3) is 0.231. The molecular weight excluding hydrogens is 406 g/mol. The maximum absolute atomic E-state index is 12.5. The molecule has 160 valence electrons. The number of carbonyl (C=O) groups is 2. The third-order valence-electron chi connectivity index (χ3n) is 4.98. The van der Waals surface area contributed by atoms with E-state index in [-0.39, 0.29) is 11.3 Å². The molecule has 2 aromatic carbocycles. The van der Waals surface area contributed by atoms with Crippen LogP contribution in [0.4, 0.5) is 5.00 Å². The molecule has 0 fully saturated rings. The van der Waals surface area contributed by atoms with Gasteiger partial charge in [-0.3, -0.25) is 4.79 Å². The molecule has 0 unspecified atom stereocenters. The van der Waals surface area contributed by atoms with Crippen LogP contribution in [-0.4, -0.2) is 19.0 Å². The summed E-state index contributed by atoms with van der Waals surface area (Å²) in [5.74, 6) is -0.781. The van der Waals surface area contributed by atoms with E-state index in [2.05, 4.69) is 38.2 Å². The van der Waals surface area contributed by atoms with Gasteiger partial charge in [-0.15, -0.1) is 11.3 Å². The molecule has 0 aliphatic carbocycles. The molecule has 1 amide bonds. The predicted octanol–water partition coefficient (Wildman–Crippen LogP) is 6.46. The van der Waals surface area contributed by atoms with Gasteiger partial charge in [-0.1, -0.05) is 74.9 Å². The average Bonchev–Trinajstić information content (AvgIpc) is 3.15. The fourth-order valence-corrected chi connectivity index (χ4v) is 4.08. The lowest BCUT2D eigenvalue weighted by molar-refractivity contribution is -0.111. The van der Waals surface area contributed by atoms with Crippen molar-refractivity contribution in [1.29, 1.82) is 0 Å². The zero-order valence-electron chi connectivity index (χ0n) is 18.5. The Hall–Kier alpha value is -3.18. The standard InChI is InChI=1S/C26H27NO3S/c1-17-6-11-19(12-7-17)21-16-31-24(23(21)25(29)30-5)27-22(28)15-10-18-8-13-20(14-9-18)26(2,3)4/h6-16H,1-5H3,(H,27,28). The number of hydrogen-bond donors (Lipinski definition) is 1. The van der Waals surface area contributed by atoms with Crippen LogP contribution in [0.3, 0.4) is 0 Å². The largest absolute Gasteiger partial charge is 0.465 e. The van der Waals surface area contributed by atoms with Crippen LogP contribution in [0.15, 0.2) is 60.0 Å². The molecular formula is C26H27NO3S. The van der Waals surface area contributed by atoms with Crippen LogP contribution in [0.25, 0.3) is 17.2 Å². The molecule has 1 heterocycles. The molecule has 5 heteroatoms. The maximum atomic E-state index is 12.5. The van der Waals surface area contributed by atoms with Crippen molar-refractivity contribution in [3.63, 3.8) is 0 Å². The molecule has 4 nitrogen and oxygen atoms in total. The molecule has 1 aromatic heterocycles. The molecule has 0 atom stereocenters. The number of aryl methyl sites for hydroxylation is 1. The molecule has 0 saturated carbocycles. The number of amides is 1. The summed E-state index contributed by atoms with van der Waals surface area (Å²) in [4.78, 5) is 25.0. The quantitative estimate of drug-likeness (QED) is 0.371. The molecule has 0 saturated heterocycles. The maximum Gasteiger partial charge on any atom is 0.341 e. The smallest absolute Gasteiger partial charge is 0.341 e. The summed E-state index contributed by atoms with van der Waals surface area (Å²) in [6.07, 6.45) is 3.23. The van der Waals surface area contributed by atoms with Crippen LogP contribution >= 0.6 is 11.3 Å². The predicted molar refractivity (Wildman–Crippen MR) is 129 cm³/mol. The Kier molecular flexibility index (Phi) is 6.76. The minimum atomic E-state index is -0.478. The third kappa shape index (κ3) is 5.50. The summed E-state index contributed by atoms with van der Waals surface area (Å²) in [5.41, 5.74) is 5.39. The van der Waals surface area contributed by atoms with Crippen molar-refractivity contribution in [2.75, 3.05) is 12.4 Å². The number of hydrogen-bond acceptors (Lipinski definition) is 4. The second-order valence-electron chi connectivity index (χ2n) is 8.41. The van der Waals surface area contributed by atoms with Crippen molar-refractivity contribution in [2.24, 2.45) is 0 Å². The Balaban J connectivity index is 1.80. The van der Waals surface area contributed by atoms with Gasteiger partial charge in [0.05, 0.1) is 7.11 Å². The van der Waals surface area contributed by atoms with E-state index < -0.39 is 5.97 Å². The Morgan fingerprint density at radius 1 is 1.00 bits per heavy atom. The minimum absolute atomic E-state index is 0.0816. The highest BCUT2D eigenvalue weighted by Gasteiger charge is 2.22. The first kappa shape index (κ1) is 22.5. The summed E-state index contributed by atoms with van der Waals surface area (Å²) in [7, 11) is 1.34. The van der Waals surface area contributed by atoms with Gasteiger partial charge in [0.2, 0.25) is 5.91 Å². The molecule has 31 heavy (non-hydrogen) atoms. The molecule has 1 N–H and O–H groups in total. The first-order valence-corrected chi connectivity index (χ1v) is 10.9. The Labute approximate surface area is 187 Å². The van der Waals surface area contributed by atoms with Gasteiger partial charge in [0.25, 0.3) is 0 Å². The van der Waals surface area contributed by atoms with Gasteiger partial charge in [-0.25, -0.2) is 4.79 Å². The van der Waals surface area contributed by atoms with Crippen LogP contribution in [0.5, 0.6) is 0 Å². The van der Waals surface area contributed by atoms with Crippen LogP contribution in [0, 0.1) is 6.92 Å². The second-order valence-corrected chi connectivity index (χ2v) is 9.29. The molecule has 0 aliphatic rings. The third-order valence-corrected chi connectivity index (χ3v) is 5.88. The lowest BCUT2D eigenvalue weighted by atomic mass is 9.87. The van der Waals surface area contributed by atoms with E-state index in [4.69, 9.17) is 4.74 Å². The zero-order valence-corrected chi connectivity index (χ0v) is 19.3. The second kappa shape index (κ2) is 9.31. The first-order chi connectivity index (χ1) is 14.7. The van der Waals surface area contributed by atoms with E-state index in [1.54, 1.807) is 6.08 Å². The summed E-state index contributed by atoms with van der Waals surface area (Å²) in [5, 5.41) is 5.16. The lowest BCUT2D eigenvalue weighted by Gasteiger charge is -2.18. The Bertz CT molecular complexity index is 1100. The lowest BCUT2D eigenvalue weighted by Crippen LogP contribution is -2.11. The van der Waals surface area contributed by atoms with Crippen molar-refractivity contribution in [3.8, 4) is 11.1 Å². The van der Waals surface area contributed by atoms with Crippen LogP contribution in [0.1, 0.15) is 47.8 Å². The van der Waals surface area contributed by atoms with Crippen LogP contribution in [-0.2, 0) is 14.9 Å². The van der Waals surface area contributed by atoms with E-state index in [9.17, 15) is 9.59 Å². The number of benzene rings is 2. The van der Waals surface area contributed by atoms with E-state index in [0.717, 1.165) is 22.3 Å². The van der Waals surface area contributed by atoms with Gasteiger partial charge in [-0.05, 0) is 35.1 Å². The van der Waals surface area contributed by atoms with E-state index in [1.165, 1.54) is 30.1 Å². The van der Waals surface area contributed by atoms with Crippen molar-refractivity contribution in [1.82, 2.24) is 0 Å². The molecule has 0 spiro atoms. The van der Waals surface area contributed by atoms with Crippen LogP contribution in [0.2, 0.25) is 0 Å². The Morgan fingerprint density at radius 3 is 2.23 bits per heavy atom. The summed E-state index contributed by atoms with van der Waals surface area (Å²) in [6, 6.07) is 16.0. The number of thiophene rings is 1. The number of nitrogens with one attached hydrogen (secondary N) is 1. The van der Waals surface area contributed by atoms with Gasteiger partial charge in [0.1, 0.15) is 10.6 Å². The topological polar surface area (TPSA) is 55.4 Å². The summed E-state index contributed by atoms with van der Waals surface area (Å²) in [6.45, 7) is 8.50.